The fraction of sp³-hybridized carbons (Fsp3) is 0.533. The van der Waals surface area contributed by atoms with Gasteiger partial charge in [-0.25, -0.2) is 0 Å². The third kappa shape index (κ3) is 3.78. The first-order chi connectivity index (χ1) is 9.06. The zero-order valence-corrected chi connectivity index (χ0v) is 11.6. The number of nitrogens with zero attached hydrogens (tertiary/aromatic N) is 1. The summed E-state index contributed by atoms with van der Waals surface area (Å²) in [7, 11) is 0. The number of aliphatic carboxylic acids is 1. The van der Waals surface area contributed by atoms with E-state index in [9.17, 15) is 4.79 Å². The molecule has 1 atom stereocenters. The number of carbonyl (C=O) groups is 1. The molecule has 0 saturated carbocycles. The van der Waals surface area contributed by atoms with Gasteiger partial charge in [0.15, 0.2) is 0 Å². The first-order valence-corrected chi connectivity index (χ1v) is 6.66. The summed E-state index contributed by atoms with van der Waals surface area (Å²) < 4.78 is 5.39. The minimum atomic E-state index is -0.763. The molecule has 4 nitrogen and oxygen atoms in total. The van der Waals surface area contributed by atoms with E-state index in [0.717, 1.165) is 13.1 Å². The molecule has 1 aliphatic heterocycles. The maximum atomic E-state index is 10.9. The molecule has 2 rings (SSSR count). The van der Waals surface area contributed by atoms with E-state index in [4.69, 9.17) is 9.84 Å². The molecule has 0 spiro atoms. The largest absolute Gasteiger partial charge is 0.481 e. The van der Waals surface area contributed by atoms with Crippen molar-refractivity contribution in [2.45, 2.75) is 32.9 Å². The fourth-order valence-electron chi connectivity index (χ4n) is 2.42. The zero-order chi connectivity index (χ0) is 13.8. The molecule has 0 amide bonds. The molecular formula is C15H21NO3. The van der Waals surface area contributed by atoms with Gasteiger partial charge in [-0.05, 0) is 30.5 Å². The molecule has 104 valence electrons. The second-order valence-corrected chi connectivity index (χ2v) is 5.22. The summed E-state index contributed by atoms with van der Waals surface area (Å²) >= 11 is 0. The number of carboxylic acids is 1. The Labute approximate surface area is 114 Å². The fourth-order valence-corrected chi connectivity index (χ4v) is 2.42. The summed E-state index contributed by atoms with van der Waals surface area (Å²) in [4.78, 5) is 13.1. The smallest absolute Gasteiger partial charge is 0.305 e. The normalized spacial score (nSPS) is 20.4. The number of hydrogen-bond donors (Lipinski definition) is 1. The quantitative estimate of drug-likeness (QED) is 0.902. The monoisotopic (exact) mass is 263 g/mol. The Balaban J connectivity index is 2.06. The Kier molecular flexibility index (Phi) is 4.56. The molecule has 0 aliphatic carbocycles. The van der Waals surface area contributed by atoms with Crippen LogP contribution in [-0.2, 0) is 16.1 Å². The van der Waals surface area contributed by atoms with Gasteiger partial charge in [0.1, 0.15) is 0 Å². The number of benzene rings is 1. The van der Waals surface area contributed by atoms with Gasteiger partial charge in [0.25, 0.3) is 0 Å². The molecule has 1 saturated heterocycles. The lowest BCUT2D eigenvalue weighted by Crippen LogP contribution is -2.45. The Bertz CT molecular complexity index is 459. The SMILES string of the molecule is Cc1ccc(CN2CCOCC2CC(=O)O)cc1C. The predicted molar refractivity (Wildman–Crippen MR) is 73.2 cm³/mol. The van der Waals surface area contributed by atoms with Crippen LogP contribution in [0.5, 0.6) is 0 Å². The van der Waals surface area contributed by atoms with Crippen molar-refractivity contribution in [2.24, 2.45) is 0 Å². The summed E-state index contributed by atoms with van der Waals surface area (Å²) in [5.74, 6) is -0.763. The molecule has 0 radical (unpaired) electrons. The minimum absolute atomic E-state index is 0.0205. The van der Waals surface area contributed by atoms with E-state index in [1.165, 1.54) is 16.7 Å². The van der Waals surface area contributed by atoms with Gasteiger partial charge >= 0.3 is 5.97 Å². The lowest BCUT2D eigenvalue weighted by atomic mass is 10.0. The van der Waals surface area contributed by atoms with E-state index in [1.807, 2.05) is 0 Å². The van der Waals surface area contributed by atoms with E-state index in [0.29, 0.717) is 13.2 Å². The predicted octanol–water partition coefficient (Wildman–Crippen LogP) is 1.98. The van der Waals surface area contributed by atoms with Crippen molar-refractivity contribution < 1.29 is 14.6 Å². The van der Waals surface area contributed by atoms with E-state index in [-0.39, 0.29) is 12.5 Å². The topological polar surface area (TPSA) is 49.8 Å². The van der Waals surface area contributed by atoms with Crippen LogP contribution in [0.2, 0.25) is 0 Å². The van der Waals surface area contributed by atoms with Crippen molar-refractivity contribution in [3.63, 3.8) is 0 Å². The molecule has 1 N–H and O–H groups in total. The van der Waals surface area contributed by atoms with Crippen molar-refractivity contribution in [3.8, 4) is 0 Å². The van der Waals surface area contributed by atoms with Gasteiger partial charge in [0.2, 0.25) is 0 Å². The highest BCUT2D eigenvalue weighted by atomic mass is 16.5. The zero-order valence-electron chi connectivity index (χ0n) is 11.6. The van der Waals surface area contributed by atoms with E-state index >= 15 is 0 Å². The highest BCUT2D eigenvalue weighted by Crippen LogP contribution is 2.17. The maximum absolute atomic E-state index is 10.9. The lowest BCUT2D eigenvalue weighted by molar-refractivity contribution is -0.140. The summed E-state index contributed by atoms with van der Waals surface area (Å²) in [5.41, 5.74) is 3.80. The van der Waals surface area contributed by atoms with E-state index in [1.54, 1.807) is 0 Å². The van der Waals surface area contributed by atoms with Crippen LogP contribution in [0.1, 0.15) is 23.1 Å². The molecule has 0 bridgehead atoms. The average molecular weight is 263 g/mol. The average Bonchev–Trinajstić information content (AvgIpc) is 2.36. The number of ether oxygens (including phenoxy) is 1. The number of rotatable bonds is 4. The highest BCUT2D eigenvalue weighted by molar-refractivity contribution is 5.67. The van der Waals surface area contributed by atoms with E-state index < -0.39 is 5.97 Å². The first-order valence-electron chi connectivity index (χ1n) is 6.66. The van der Waals surface area contributed by atoms with Crippen LogP contribution in [0.4, 0.5) is 0 Å². The number of carboxylic acid groups (broad SMARTS) is 1. The summed E-state index contributed by atoms with van der Waals surface area (Å²) in [6.07, 6.45) is 0.144. The van der Waals surface area contributed by atoms with Gasteiger partial charge in [-0.2, -0.15) is 0 Å². The minimum Gasteiger partial charge on any atom is -0.481 e. The Morgan fingerprint density at radius 1 is 1.42 bits per heavy atom. The van der Waals surface area contributed by atoms with Gasteiger partial charge in [-0.1, -0.05) is 18.2 Å². The third-order valence-electron chi connectivity index (χ3n) is 3.72. The Morgan fingerprint density at radius 3 is 2.89 bits per heavy atom. The van der Waals surface area contributed by atoms with Crippen LogP contribution in [0.25, 0.3) is 0 Å². The van der Waals surface area contributed by atoms with Crippen molar-refractivity contribution in [1.29, 1.82) is 0 Å². The van der Waals surface area contributed by atoms with Crippen molar-refractivity contribution >= 4 is 5.97 Å². The number of hydrogen-bond acceptors (Lipinski definition) is 3. The molecule has 1 aliphatic rings. The van der Waals surface area contributed by atoms with Crippen LogP contribution >= 0.6 is 0 Å². The molecule has 1 aromatic carbocycles. The summed E-state index contributed by atoms with van der Waals surface area (Å²) in [6, 6.07) is 6.41. The van der Waals surface area contributed by atoms with Crippen LogP contribution in [0.15, 0.2) is 18.2 Å². The maximum Gasteiger partial charge on any atom is 0.305 e. The van der Waals surface area contributed by atoms with Crippen molar-refractivity contribution in [2.75, 3.05) is 19.8 Å². The Morgan fingerprint density at radius 2 is 2.21 bits per heavy atom. The van der Waals surface area contributed by atoms with Crippen LogP contribution in [-0.4, -0.2) is 41.8 Å². The summed E-state index contributed by atoms with van der Waals surface area (Å²) in [6.45, 7) is 6.99. The van der Waals surface area contributed by atoms with Crippen LogP contribution < -0.4 is 0 Å². The molecule has 1 fully saturated rings. The molecular weight excluding hydrogens is 242 g/mol. The van der Waals surface area contributed by atoms with Crippen molar-refractivity contribution in [1.82, 2.24) is 4.90 Å². The lowest BCUT2D eigenvalue weighted by Gasteiger charge is -2.34. The van der Waals surface area contributed by atoms with E-state index in [2.05, 4.69) is 36.9 Å². The highest BCUT2D eigenvalue weighted by Gasteiger charge is 2.25. The van der Waals surface area contributed by atoms with Gasteiger partial charge in [0.05, 0.1) is 19.6 Å². The second-order valence-electron chi connectivity index (χ2n) is 5.22. The molecule has 1 unspecified atom stereocenters. The van der Waals surface area contributed by atoms with Crippen molar-refractivity contribution in [3.05, 3.63) is 34.9 Å². The molecule has 0 aromatic heterocycles. The number of aryl methyl sites for hydroxylation is 2. The van der Waals surface area contributed by atoms with Gasteiger partial charge in [-0.3, -0.25) is 9.69 Å². The van der Waals surface area contributed by atoms with Gasteiger partial charge in [-0.15, -0.1) is 0 Å². The molecule has 4 heteroatoms. The molecule has 1 heterocycles. The molecule has 1 aromatic rings. The summed E-state index contributed by atoms with van der Waals surface area (Å²) in [5, 5.41) is 8.95. The molecule has 19 heavy (non-hydrogen) atoms. The standard InChI is InChI=1S/C15H21NO3/c1-11-3-4-13(7-12(11)2)9-16-5-6-19-10-14(16)8-15(17)18/h3-4,7,14H,5-6,8-10H2,1-2H3,(H,17,18). The van der Waals surface area contributed by atoms with Crippen LogP contribution in [0, 0.1) is 13.8 Å². The number of morpholine rings is 1. The second kappa shape index (κ2) is 6.17. The van der Waals surface area contributed by atoms with Gasteiger partial charge < -0.3 is 9.84 Å². The first kappa shape index (κ1) is 14.0. The Hall–Kier alpha value is -1.39. The van der Waals surface area contributed by atoms with Gasteiger partial charge in [0, 0.05) is 19.1 Å². The van der Waals surface area contributed by atoms with Crippen LogP contribution in [0.3, 0.4) is 0 Å². The third-order valence-corrected chi connectivity index (χ3v) is 3.72.